The number of hydrogen-bond acceptors (Lipinski definition) is 2. The number of halogens is 1. The minimum atomic E-state index is -0.179. The maximum Gasteiger partial charge on any atom is 0.233 e. The van der Waals surface area contributed by atoms with Gasteiger partial charge in [0.05, 0.1) is 6.54 Å². The molecule has 0 heterocycles. The Kier molecular flexibility index (Phi) is 4.97. The molecule has 4 heteroatoms. The molecule has 0 aliphatic heterocycles. The van der Waals surface area contributed by atoms with Gasteiger partial charge in [-0.25, -0.2) is 0 Å². The van der Waals surface area contributed by atoms with Crippen molar-refractivity contribution in [2.45, 2.75) is 19.3 Å². The van der Waals surface area contributed by atoms with Crippen LogP contribution in [0.1, 0.15) is 19.4 Å². The summed E-state index contributed by atoms with van der Waals surface area (Å²) in [6.45, 7) is 5.03. The number of hydrogen-bond donors (Lipinski definition) is 2. The van der Waals surface area contributed by atoms with E-state index in [2.05, 4.69) is 24.5 Å². The minimum Gasteiger partial charge on any atom is -0.354 e. The Balaban J connectivity index is 2.69. The van der Waals surface area contributed by atoms with Gasteiger partial charge in [-0.15, -0.1) is 0 Å². The zero-order valence-corrected chi connectivity index (χ0v) is 11.3. The molecule has 0 saturated heterocycles. The van der Waals surface area contributed by atoms with Gasteiger partial charge in [-0.3, -0.25) is 4.79 Å². The van der Waals surface area contributed by atoms with E-state index in [0.29, 0.717) is 13.1 Å². The van der Waals surface area contributed by atoms with Gasteiger partial charge in [0.15, 0.2) is 0 Å². The number of likely N-dealkylation sites (N-methyl/N-ethyl adjacent to an activating group) is 1. The Morgan fingerprint density at radius 2 is 2.00 bits per heavy atom. The summed E-state index contributed by atoms with van der Waals surface area (Å²) >= 11 is 6.16. The Morgan fingerprint density at radius 3 is 2.59 bits per heavy atom. The van der Waals surface area contributed by atoms with Crippen molar-refractivity contribution >= 4 is 17.5 Å². The zero-order chi connectivity index (χ0) is 12.9. The van der Waals surface area contributed by atoms with Crippen LogP contribution in [0.2, 0.25) is 5.02 Å². The molecular weight excluding hydrogens is 236 g/mol. The van der Waals surface area contributed by atoms with Gasteiger partial charge in [0.25, 0.3) is 0 Å². The molecule has 17 heavy (non-hydrogen) atoms. The quantitative estimate of drug-likeness (QED) is 0.843. The fourth-order valence-corrected chi connectivity index (χ4v) is 2.04. The molecule has 0 unspecified atom stereocenters. The average Bonchev–Trinajstić information content (AvgIpc) is 2.27. The fourth-order valence-electron chi connectivity index (χ4n) is 1.65. The van der Waals surface area contributed by atoms with E-state index in [4.69, 9.17) is 11.6 Å². The molecule has 0 fully saturated rings. The fraction of sp³-hybridized carbons (Fsp3) is 0.462. The number of nitrogens with one attached hydrogen (secondary N) is 2. The van der Waals surface area contributed by atoms with Gasteiger partial charge in [0, 0.05) is 17.0 Å². The molecule has 0 atom stereocenters. The third-order valence-electron chi connectivity index (χ3n) is 2.67. The normalized spacial score (nSPS) is 11.3. The largest absolute Gasteiger partial charge is 0.354 e. The van der Waals surface area contributed by atoms with Crippen LogP contribution in [0, 0.1) is 0 Å². The number of carbonyl (C=O) groups is 1. The molecule has 0 aliphatic carbocycles. The van der Waals surface area contributed by atoms with Gasteiger partial charge in [0.2, 0.25) is 5.91 Å². The Labute approximate surface area is 108 Å². The van der Waals surface area contributed by atoms with E-state index in [0.717, 1.165) is 10.6 Å². The molecule has 0 radical (unpaired) electrons. The van der Waals surface area contributed by atoms with Crippen LogP contribution in [0.25, 0.3) is 0 Å². The van der Waals surface area contributed by atoms with E-state index in [1.165, 1.54) is 0 Å². The standard InChI is InChI=1S/C13H19ClN2O/c1-13(2,9-16-12(17)8-15-3)10-6-4-5-7-11(10)14/h4-7,15H,8-9H2,1-3H3,(H,16,17). The first-order chi connectivity index (χ1) is 7.97. The molecule has 94 valence electrons. The second-order valence-corrected chi connectivity index (χ2v) is 5.08. The predicted molar refractivity (Wildman–Crippen MR) is 71.4 cm³/mol. The molecule has 0 spiro atoms. The first kappa shape index (κ1) is 14.0. The van der Waals surface area contributed by atoms with Crippen molar-refractivity contribution in [2.75, 3.05) is 20.1 Å². The van der Waals surface area contributed by atoms with E-state index in [1.54, 1.807) is 7.05 Å². The van der Waals surface area contributed by atoms with Crippen molar-refractivity contribution in [1.82, 2.24) is 10.6 Å². The maximum atomic E-state index is 11.4. The Bertz CT molecular complexity index is 391. The zero-order valence-electron chi connectivity index (χ0n) is 10.5. The van der Waals surface area contributed by atoms with Crippen molar-refractivity contribution in [2.24, 2.45) is 0 Å². The van der Waals surface area contributed by atoms with Gasteiger partial charge < -0.3 is 10.6 Å². The van der Waals surface area contributed by atoms with Gasteiger partial charge in [-0.05, 0) is 18.7 Å². The van der Waals surface area contributed by atoms with Crippen LogP contribution >= 0.6 is 11.6 Å². The topological polar surface area (TPSA) is 41.1 Å². The van der Waals surface area contributed by atoms with E-state index in [1.807, 2.05) is 24.3 Å². The third-order valence-corrected chi connectivity index (χ3v) is 3.00. The summed E-state index contributed by atoms with van der Waals surface area (Å²) in [5.41, 5.74) is 0.869. The van der Waals surface area contributed by atoms with Crippen molar-refractivity contribution in [1.29, 1.82) is 0 Å². The monoisotopic (exact) mass is 254 g/mol. The Morgan fingerprint density at radius 1 is 1.35 bits per heavy atom. The summed E-state index contributed by atoms with van der Waals surface area (Å²) in [4.78, 5) is 11.4. The van der Waals surface area contributed by atoms with Crippen LogP contribution in [-0.4, -0.2) is 26.0 Å². The third kappa shape index (κ3) is 4.02. The maximum absolute atomic E-state index is 11.4. The van der Waals surface area contributed by atoms with E-state index in [9.17, 15) is 4.79 Å². The highest BCUT2D eigenvalue weighted by Gasteiger charge is 2.23. The molecule has 0 aromatic heterocycles. The van der Waals surface area contributed by atoms with E-state index >= 15 is 0 Å². The van der Waals surface area contributed by atoms with Crippen molar-refractivity contribution in [3.63, 3.8) is 0 Å². The lowest BCUT2D eigenvalue weighted by molar-refractivity contribution is -0.120. The molecule has 1 rings (SSSR count). The lowest BCUT2D eigenvalue weighted by atomic mass is 9.84. The number of rotatable bonds is 5. The van der Waals surface area contributed by atoms with Crippen LogP contribution in [-0.2, 0) is 10.2 Å². The van der Waals surface area contributed by atoms with Crippen molar-refractivity contribution < 1.29 is 4.79 Å². The van der Waals surface area contributed by atoms with E-state index < -0.39 is 0 Å². The summed E-state index contributed by atoms with van der Waals surface area (Å²) in [5.74, 6) is -0.00683. The van der Waals surface area contributed by atoms with Gasteiger partial charge in [0.1, 0.15) is 0 Å². The highest BCUT2D eigenvalue weighted by molar-refractivity contribution is 6.31. The molecule has 1 amide bonds. The predicted octanol–water partition coefficient (Wildman–Crippen LogP) is 1.95. The van der Waals surface area contributed by atoms with Crippen LogP contribution in [0.5, 0.6) is 0 Å². The van der Waals surface area contributed by atoms with Crippen LogP contribution in [0.4, 0.5) is 0 Å². The summed E-state index contributed by atoms with van der Waals surface area (Å²) in [6, 6.07) is 7.72. The molecular formula is C13H19ClN2O. The van der Waals surface area contributed by atoms with Gasteiger partial charge >= 0.3 is 0 Å². The van der Waals surface area contributed by atoms with Crippen molar-refractivity contribution in [3.05, 3.63) is 34.9 Å². The highest BCUT2D eigenvalue weighted by atomic mass is 35.5. The molecule has 0 bridgehead atoms. The SMILES string of the molecule is CNCC(=O)NCC(C)(C)c1ccccc1Cl. The molecule has 0 aliphatic rings. The summed E-state index contributed by atoms with van der Waals surface area (Å²) in [5, 5.41) is 6.44. The van der Waals surface area contributed by atoms with Crippen LogP contribution < -0.4 is 10.6 Å². The molecule has 3 nitrogen and oxygen atoms in total. The first-order valence-electron chi connectivity index (χ1n) is 5.63. The number of benzene rings is 1. The first-order valence-corrected chi connectivity index (χ1v) is 6.01. The lowest BCUT2D eigenvalue weighted by Gasteiger charge is -2.26. The molecule has 1 aromatic carbocycles. The number of amides is 1. The summed E-state index contributed by atoms with van der Waals surface area (Å²) in [7, 11) is 1.75. The smallest absolute Gasteiger partial charge is 0.233 e. The second-order valence-electron chi connectivity index (χ2n) is 4.67. The Hall–Kier alpha value is -1.06. The highest BCUT2D eigenvalue weighted by Crippen LogP contribution is 2.28. The van der Waals surface area contributed by atoms with Crippen LogP contribution in [0.15, 0.2) is 24.3 Å². The van der Waals surface area contributed by atoms with Gasteiger partial charge in [-0.2, -0.15) is 0 Å². The second kappa shape index (κ2) is 6.03. The number of carbonyl (C=O) groups excluding carboxylic acids is 1. The lowest BCUT2D eigenvalue weighted by Crippen LogP contribution is -2.40. The summed E-state index contributed by atoms with van der Waals surface area (Å²) in [6.07, 6.45) is 0. The summed E-state index contributed by atoms with van der Waals surface area (Å²) < 4.78 is 0. The molecule has 0 saturated carbocycles. The minimum absolute atomic E-state index is 0.00683. The van der Waals surface area contributed by atoms with Gasteiger partial charge in [-0.1, -0.05) is 43.6 Å². The van der Waals surface area contributed by atoms with Crippen molar-refractivity contribution in [3.8, 4) is 0 Å². The average molecular weight is 255 g/mol. The molecule has 2 N–H and O–H groups in total. The molecule has 1 aromatic rings. The van der Waals surface area contributed by atoms with Crippen LogP contribution in [0.3, 0.4) is 0 Å². The van der Waals surface area contributed by atoms with E-state index in [-0.39, 0.29) is 11.3 Å².